The summed E-state index contributed by atoms with van der Waals surface area (Å²) in [5.74, 6) is 1.13. The van der Waals surface area contributed by atoms with E-state index in [0.717, 1.165) is 52.2 Å². The molecule has 1 aliphatic rings. The summed E-state index contributed by atoms with van der Waals surface area (Å²) >= 11 is 17.3. The van der Waals surface area contributed by atoms with Crippen LogP contribution in [0.2, 0.25) is 10.0 Å². The van der Waals surface area contributed by atoms with Gasteiger partial charge in [-0.05, 0) is 109 Å². The van der Waals surface area contributed by atoms with Gasteiger partial charge >= 0.3 is 0 Å². The van der Waals surface area contributed by atoms with Crippen molar-refractivity contribution in [3.8, 4) is 34.3 Å². The average molecular weight is 842 g/mol. The molecule has 1 aliphatic heterocycles. The van der Waals surface area contributed by atoms with Crippen LogP contribution in [0.3, 0.4) is 0 Å². The highest BCUT2D eigenvalue weighted by molar-refractivity contribution is 14.1. The van der Waals surface area contributed by atoms with Gasteiger partial charge in [-0.3, -0.25) is 9.67 Å². The topological polar surface area (TPSA) is 100 Å². The molecule has 0 saturated heterocycles. The normalized spacial score (nSPS) is 12.2. The average Bonchev–Trinajstić information content (AvgIpc) is 3.54. The molecule has 0 fully saturated rings. The van der Waals surface area contributed by atoms with Crippen molar-refractivity contribution in [2.75, 3.05) is 13.2 Å². The highest BCUT2D eigenvalue weighted by Gasteiger charge is 2.22. The van der Waals surface area contributed by atoms with E-state index in [1.54, 1.807) is 12.4 Å². The number of fused-ring (bicyclic) bond motifs is 2. The lowest BCUT2D eigenvalue weighted by Gasteiger charge is -2.10. The molecule has 0 radical (unpaired) electrons. The second-order valence-corrected chi connectivity index (χ2v) is 12.4. The summed E-state index contributed by atoms with van der Waals surface area (Å²) < 4.78 is 14.8. The fourth-order valence-electron chi connectivity index (χ4n) is 4.47. The third-order valence-corrected chi connectivity index (χ3v) is 8.56. The molecule has 9 nitrogen and oxygen atoms in total. The Labute approximate surface area is 286 Å². The van der Waals surface area contributed by atoms with Crippen LogP contribution in [-0.2, 0) is 6.54 Å². The van der Waals surface area contributed by atoms with Crippen molar-refractivity contribution < 1.29 is 9.47 Å². The van der Waals surface area contributed by atoms with E-state index in [4.69, 9.17) is 37.7 Å². The van der Waals surface area contributed by atoms with E-state index in [-0.39, 0.29) is 6.04 Å². The first-order valence-electron chi connectivity index (χ1n) is 13.5. The van der Waals surface area contributed by atoms with Crippen molar-refractivity contribution >= 4 is 83.1 Å². The van der Waals surface area contributed by atoms with Crippen LogP contribution in [0.5, 0.6) is 11.8 Å². The Kier molecular flexibility index (Phi) is 10.3. The highest BCUT2D eigenvalue weighted by Crippen LogP contribution is 2.36. The number of rotatable bonds is 7. The summed E-state index contributed by atoms with van der Waals surface area (Å²) in [7, 11) is 0. The monoisotopic (exact) mass is 841 g/mol. The summed E-state index contributed by atoms with van der Waals surface area (Å²) in [6.45, 7) is 9.70. The lowest BCUT2D eigenvalue weighted by Crippen LogP contribution is -2.03. The first-order chi connectivity index (χ1) is 20.7. The van der Waals surface area contributed by atoms with Crippen LogP contribution in [0.4, 0.5) is 0 Å². The number of hydrogen-bond donors (Lipinski definition) is 0. The number of halogens is 4. The van der Waals surface area contributed by atoms with Crippen LogP contribution in [-0.4, -0.2) is 46.6 Å². The van der Waals surface area contributed by atoms with Gasteiger partial charge in [0, 0.05) is 24.0 Å². The molecule has 6 rings (SSSR count). The fourth-order valence-corrected chi connectivity index (χ4v) is 6.23. The zero-order chi connectivity index (χ0) is 30.7. The first kappa shape index (κ1) is 31.8. The maximum absolute atomic E-state index is 6.54. The van der Waals surface area contributed by atoms with E-state index in [0.29, 0.717) is 41.6 Å². The maximum atomic E-state index is 6.54. The third kappa shape index (κ3) is 6.74. The van der Waals surface area contributed by atoms with Crippen molar-refractivity contribution in [2.24, 2.45) is 4.99 Å². The van der Waals surface area contributed by atoms with Gasteiger partial charge in [-0.1, -0.05) is 23.2 Å². The lowest BCUT2D eigenvalue weighted by atomic mass is 10.1. The zero-order valence-electron chi connectivity index (χ0n) is 23.8. The van der Waals surface area contributed by atoms with Gasteiger partial charge in [-0.25, -0.2) is 19.9 Å². The Hall–Kier alpha value is -2.62. The summed E-state index contributed by atoms with van der Waals surface area (Å²) in [6, 6.07) is 11.5. The molecular weight excluding hydrogens is 815 g/mol. The van der Waals surface area contributed by atoms with Gasteiger partial charge in [0.2, 0.25) is 11.8 Å². The van der Waals surface area contributed by atoms with Gasteiger partial charge in [0.15, 0.2) is 0 Å². The predicted molar refractivity (Wildman–Crippen MR) is 188 cm³/mol. The molecule has 0 unspecified atom stereocenters. The molecule has 0 bridgehead atoms. The molecule has 0 saturated carbocycles. The van der Waals surface area contributed by atoms with Gasteiger partial charge < -0.3 is 9.47 Å². The molecule has 13 heteroatoms. The zero-order valence-corrected chi connectivity index (χ0v) is 29.6. The van der Waals surface area contributed by atoms with E-state index < -0.39 is 0 Å². The smallest absolute Gasteiger partial charge is 0.222 e. The van der Waals surface area contributed by atoms with Crippen LogP contribution < -0.4 is 9.47 Å². The Morgan fingerprint density at radius 3 is 2.05 bits per heavy atom. The summed E-state index contributed by atoms with van der Waals surface area (Å²) in [5.41, 5.74) is 6.67. The maximum Gasteiger partial charge on any atom is 0.222 e. The van der Waals surface area contributed by atoms with Crippen molar-refractivity contribution in [2.45, 2.75) is 40.3 Å². The quantitative estimate of drug-likeness (QED) is 0.151. The number of nitrogens with zero attached hydrogens (tertiary/aromatic N) is 7. The molecule has 0 atom stereocenters. The van der Waals surface area contributed by atoms with Crippen molar-refractivity contribution in [3.63, 3.8) is 0 Å². The molecule has 6 heterocycles. The molecular formula is C30H27Cl2I2N7O2. The van der Waals surface area contributed by atoms with Crippen molar-refractivity contribution in [1.29, 1.82) is 0 Å². The second kappa shape index (κ2) is 14.0. The largest absolute Gasteiger partial charge is 0.477 e. The van der Waals surface area contributed by atoms with Gasteiger partial charge in [-0.2, -0.15) is 5.10 Å². The Balaban J connectivity index is 0.000000173. The molecule has 0 aliphatic carbocycles. The molecule has 0 amide bonds. The highest BCUT2D eigenvalue weighted by atomic mass is 127. The van der Waals surface area contributed by atoms with Crippen LogP contribution in [0.25, 0.3) is 33.5 Å². The minimum absolute atomic E-state index is 0.212. The molecule has 0 N–H and O–H groups in total. The molecule has 222 valence electrons. The molecule has 0 aromatic carbocycles. The summed E-state index contributed by atoms with van der Waals surface area (Å²) in [4.78, 5) is 22.3. The van der Waals surface area contributed by atoms with Crippen LogP contribution in [0.15, 0.2) is 53.8 Å². The van der Waals surface area contributed by atoms with Gasteiger partial charge in [0.05, 0.1) is 52.3 Å². The van der Waals surface area contributed by atoms with Gasteiger partial charge in [0.1, 0.15) is 24.1 Å². The number of aromatic nitrogens is 6. The van der Waals surface area contributed by atoms with Crippen LogP contribution in [0.1, 0.15) is 45.0 Å². The second-order valence-electron chi connectivity index (χ2n) is 9.52. The Morgan fingerprint density at radius 1 is 0.884 bits per heavy atom. The molecule has 5 aromatic heterocycles. The predicted octanol–water partition coefficient (Wildman–Crippen LogP) is 8.62. The van der Waals surface area contributed by atoms with E-state index in [1.165, 1.54) is 0 Å². The fraction of sp³-hybridized carbons (Fsp3) is 0.267. The van der Waals surface area contributed by atoms with Gasteiger partial charge in [-0.15, -0.1) is 0 Å². The van der Waals surface area contributed by atoms with Crippen LogP contribution in [0, 0.1) is 3.70 Å². The van der Waals surface area contributed by atoms with E-state index in [1.807, 2.05) is 54.9 Å². The molecule has 43 heavy (non-hydrogen) atoms. The molecule has 0 spiro atoms. The van der Waals surface area contributed by atoms with Gasteiger partial charge in [0.25, 0.3) is 0 Å². The Bertz CT molecular complexity index is 1830. The van der Waals surface area contributed by atoms with E-state index in [2.05, 4.69) is 84.1 Å². The minimum atomic E-state index is 0.212. The number of pyridine rings is 4. The van der Waals surface area contributed by atoms with E-state index in [9.17, 15) is 0 Å². The first-order valence-corrected chi connectivity index (χ1v) is 16.4. The summed E-state index contributed by atoms with van der Waals surface area (Å²) in [6.07, 6.45) is 3.41. The van der Waals surface area contributed by atoms with E-state index >= 15 is 0 Å². The summed E-state index contributed by atoms with van der Waals surface area (Å²) in [5, 5.41) is 5.87. The number of aliphatic imine (C=N–C) groups is 1. The SMILES string of the molecule is CCOc1ncccc1-c1cc(Cl)c2c(n1)C(I)=NC2.CCOc1ncccc1-c1cc(Cl)c2c(n1)c(I)nn2C(C)C. The Morgan fingerprint density at radius 2 is 1.47 bits per heavy atom. The number of hydrogen-bond acceptors (Lipinski definition) is 8. The standard InChI is InChI=1S/C16H16ClIN4O.C14H11ClIN3O/c1-4-23-16-10(6-5-7-19-16)12-8-11(17)14-13(20-12)15(18)21-22(14)9(2)3;1-2-20-14-8(4-3-5-17-14)11-6-10(15)9-7-18-13(16)12(9)19-11/h5-9H,4H2,1-3H3;3-6H,2,7H2,1H3. The lowest BCUT2D eigenvalue weighted by molar-refractivity contribution is 0.328. The minimum Gasteiger partial charge on any atom is -0.477 e. The third-order valence-electron chi connectivity index (χ3n) is 6.35. The van der Waals surface area contributed by atoms with Crippen molar-refractivity contribution in [1.82, 2.24) is 29.7 Å². The molecule has 5 aromatic rings. The van der Waals surface area contributed by atoms with Crippen molar-refractivity contribution in [3.05, 3.63) is 73.8 Å². The number of ether oxygens (including phenoxy) is 2. The van der Waals surface area contributed by atoms with Crippen LogP contribution >= 0.6 is 68.4 Å².